The summed E-state index contributed by atoms with van der Waals surface area (Å²) in [6, 6.07) is 3.27. The highest BCUT2D eigenvalue weighted by molar-refractivity contribution is 5.88. The smallest absolute Gasteiger partial charge is 0.356 e. The maximum Gasteiger partial charge on any atom is 0.356 e. The topological polar surface area (TPSA) is 77.2 Å². The summed E-state index contributed by atoms with van der Waals surface area (Å²) in [5, 5.41) is 3.40. The van der Waals surface area contributed by atoms with Gasteiger partial charge in [-0.2, -0.15) is 0 Å². The molecule has 19 heavy (non-hydrogen) atoms. The molecule has 0 aromatic carbocycles. The Morgan fingerprint density at radius 1 is 1.37 bits per heavy atom. The van der Waals surface area contributed by atoms with Gasteiger partial charge in [0, 0.05) is 5.54 Å². The Hall–Kier alpha value is -1.78. The standard InChI is InChI=1S/C14H21N3O2/c1-14(8-4-3-5-9-14)17-12-10(15)6-7-11(16-12)13(18)19-2/h6-7H,3-5,8-9,15H2,1-2H3,(H,16,17). The lowest BCUT2D eigenvalue weighted by atomic mass is 9.83. The summed E-state index contributed by atoms with van der Waals surface area (Å²) < 4.78 is 4.68. The number of aromatic nitrogens is 1. The Balaban J connectivity index is 2.21. The number of methoxy groups -OCH3 is 1. The van der Waals surface area contributed by atoms with Crippen molar-refractivity contribution in [3.63, 3.8) is 0 Å². The van der Waals surface area contributed by atoms with E-state index < -0.39 is 5.97 Å². The monoisotopic (exact) mass is 263 g/mol. The molecule has 1 aromatic heterocycles. The molecular weight excluding hydrogens is 242 g/mol. The molecule has 0 bridgehead atoms. The van der Waals surface area contributed by atoms with Crippen LogP contribution in [0.15, 0.2) is 12.1 Å². The number of ether oxygens (including phenoxy) is 1. The largest absolute Gasteiger partial charge is 0.464 e. The molecule has 1 aromatic rings. The van der Waals surface area contributed by atoms with Crippen molar-refractivity contribution in [2.24, 2.45) is 0 Å². The van der Waals surface area contributed by atoms with Gasteiger partial charge in [0.1, 0.15) is 0 Å². The van der Waals surface area contributed by atoms with Crippen LogP contribution in [0.1, 0.15) is 49.5 Å². The first kappa shape index (κ1) is 13.6. The van der Waals surface area contributed by atoms with E-state index in [0.717, 1.165) is 12.8 Å². The van der Waals surface area contributed by atoms with E-state index in [2.05, 4.69) is 22.0 Å². The van der Waals surface area contributed by atoms with Crippen LogP contribution in [0, 0.1) is 0 Å². The van der Waals surface area contributed by atoms with Gasteiger partial charge in [-0.3, -0.25) is 0 Å². The van der Waals surface area contributed by atoms with Gasteiger partial charge >= 0.3 is 5.97 Å². The SMILES string of the molecule is COC(=O)c1ccc(N)c(NC2(C)CCCCC2)n1. The van der Waals surface area contributed by atoms with Gasteiger partial charge < -0.3 is 15.8 Å². The van der Waals surface area contributed by atoms with Gasteiger partial charge in [0.2, 0.25) is 0 Å². The Morgan fingerprint density at radius 2 is 2.05 bits per heavy atom. The number of anilines is 2. The molecular formula is C14H21N3O2. The number of nitrogen functional groups attached to an aromatic ring is 1. The Kier molecular flexibility index (Phi) is 3.93. The van der Waals surface area contributed by atoms with E-state index in [0.29, 0.717) is 11.5 Å². The highest BCUT2D eigenvalue weighted by Crippen LogP contribution is 2.32. The molecule has 5 heteroatoms. The molecule has 2 rings (SSSR count). The van der Waals surface area contributed by atoms with Gasteiger partial charge in [-0.15, -0.1) is 0 Å². The van der Waals surface area contributed by atoms with Crippen molar-refractivity contribution in [1.82, 2.24) is 4.98 Å². The highest BCUT2D eigenvalue weighted by Gasteiger charge is 2.27. The fraction of sp³-hybridized carbons (Fsp3) is 0.571. The quantitative estimate of drug-likeness (QED) is 0.820. The number of esters is 1. The normalized spacial score (nSPS) is 17.8. The van der Waals surface area contributed by atoms with Gasteiger partial charge in [0.25, 0.3) is 0 Å². The molecule has 0 spiro atoms. The van der Waals surface area contributed by atoms with Crippen molar-refractivity contribution in [2.45, 2.75) is 44.6 Å². The van der Waals surface area contributed by atoms with E-state index in [1.807, 2.05) is 0 Å². The van der Waals surface area contributed by atoms with Crippen LogP contribution in [-0.4, -0.2) is 23.6 Å². The maximum atomic E-state index is 11.5. The number of nitrogens with two attached hydrogens (primary N) is 1. The summed E-state index contributed by atoms with van der Waals surface area (Å²) in [5.41, 5.74) is 6.77. The number of rotatable bonds is 3. The van der Waals surface area contributed by atoms with Crippen LogP contribution >= 0.6 is 0 Å². The number of hydrogen-bond donors (Lipinski definition) is 2. The zero-order chi connectivity index (χ0) is 13.9. The Bertz CT molecular complexity index is 468. The Morgan fingerprint density at radius 3 is 2.68 bits per heavy atom. The number of hydrogen-bond acceptors (Lipinski definition) is 5. The summed E-state index contributed by atoms with van der Waals surface area (Å²) in [6.45, 7) is 2.18. The van der Waals surface area contributed by atoms with E-state index in [-0.39, 0.29) is 11.2 Å². The maximum absolute atomic E-state index is 11.5. The molecule has 1 fully saturated rings. The minimum absolute atomic E-state index is 0.00805. The Labute approximate surface area is 113 Å². The molecule has 104 valence electrons. The molecule has 0 aliphatic heterocycles. The van der Waals surface area contributed by atoms with Gasteiger partial charge in [-0.1, -0.05) is 19.3 Å². The zero-order valence-electron chi connectivity index (χ0n) is 11.5. The van der Waals surface area contributed by atoms with E-state index in [4.69, 9.17) is 5.73 Å². The van der Waals surface area contributed by atoms with Crippen molar-refractivity contribution in [2.75, 3.05) is 18.2 Å². The van der Waals surface area contributed by atoms with Gasteiger partial charge in [0.05, 0.1) is 12.8 Å². The minimum Gasteiger partial charge on any atom is -0.464 e. The van der Waals surface area contributed by atoms with Crippen molar-refractivity contribution in [3.8, 4) is 0 Å². The van der Waals surface area contributed by atoms with Crippen molar-refractivity contribution >= 4 is 17.5 Å². The average Bonchev–Trinajstić information content (AvgIpc) is 2.41. The molecule has 1 aliphatic rings. The first-order valence-corrected chi connectivity index (χ1v) is 6.67. The second kappa shape index (κ2) is 5.47. The molecule has 1 aliphatic carbocycles. The highest BCUT2D eigenvalue weighted by atomic mass is 16.5. The molecule has 1 saturated carbocycles. The third kappa shape index (κ3) is 3.16. The van der Waals surface area contributed by atoms with Crippen LogP contribution in [0.25, 0.3) is 0 Å². The van der Waals surface area contributed by atoms with Crippen LogP contribution in [0.5, 0.6) is 0 Å². The second-order valence-corrected chi connectivity index (χ2v) is 5.37. The van der Waals surface area contributed by atoms with Crippen molar-refractivity contribution in [3.05, 3.63) is 17.8 Å². The third-order valence-corrected chi connectivity index (χ3v) is 3.70. The summed E-state index contributed by atoms with van der Waals surface area (Å²) in [7, 11) is 1.34. The lowest BCUT2D eigenvalue weighted by Gasteiger charge is -2.35. The molecule has 0 saturated heterocycles. The summed E-state index contributed by atoms with van der Waals surface area (Å²) in [5.74, 6) is 0.129. The molecule has 0 unspecified atom stereocenters. The number of pyridine rings is 1. The van der Waals surface area contributed by atoms with Crippen molar-refractivity contribution < 1.29 is 9.53 Å². The van der Waals surface area contributed by atoms with E-state index >= 15 is 0 Å². The number of carbonyl (C=O) groups is 1. The molecule has 0 atom stereocenters. The summed E-state index contributed by atoms with van der Waals surface area (Å²) in [6.07, 6.45) is 5.88. The number of nitrogens with one attached hydrogen (secondary N) is 1. The van der Waals surface area contributed by atoms with Gasteiger partial charge in [-0.05, 0) is 31.9 Å². The van der Waals surface area contributed by atoms with Crippen LogP contribution in [0.3, 0.4) is 0 Å². The van der Waals surface area contributed by atoms with E-state index in [9.17, 15) is 4.79 Å². The average molecular weight is 263 g/mol. The molecule has 0 amide bonds. The first-order chi connectivity index (χ1) is 9.04. The summed E-state index contributed by atoms with van der Waals surface area (Å²) in [4.78, 5) is 15.8. The van der Waals surface area contributed by atoms with Crippen LogP contribution < -0.4 is 11.1 Å². The fourth-order valence-corrected chi connectivity index (χ4v) is 2.53. The molecule has 1 heterocycles. The third-order valence-electron chi connectivity index (χ3n) is 3.70. The predicted octanol–water partition coefficient (Wildman–Crippen LogP) is 2.59. The molecule has 5 nitrogen and oxygen atoms in total. The van der Waals surface area contributed by atoms with Crippen LogP contribution in [0.2, 0.25) is 0 Å². The summed E-state index contributed by atoms with van der Waals surface area (Å²) >= 11 is 0. The van der Waals surface area contributed by atoms with Crippen LogP contribution in [-0.2, 0) is 4.74 Å². The van der Waals surface area contributed by atoms with Gasteiger partial charge in [0.15, 0.2) is 11.5 Å². The predicted molar refractivity (Wildman–Crippen MR) is 75.1 cm³/mol. The zero-order valence-corrected chi connectivity index (χ0v) is 11.5. The fourth-order valence-electron chi connectivity index (χ4n) is 2.53. The second-order valence-electron chi connectivity index (χ2n) is 5.37. The lowest BCUT2D eigenvalue weighted by molar-refractivity contribution is 0.0594. The molecule has 3 N–H and O–H groups in total. The van der Waals surface area contributed by atoms with Crippen LogP contribution in [0.4, 0.5) is 11.5 Å². The van der Waals surface area contributed by atoms with E-state index in [1.54, 1.807) is 12.1 Å². The first-order valence-electron chi connectivity index (χ1n) is 6.67. The van der Waals surface area contributed by atoms with E-state index in [1.165, 1.54) is 26.4 Å². The number of nitrogens with zero attached hydrogens (tertiary/aromatic N) is 1. The molecule has 0 radical (unpaired) electrons. The minimum atomic E-state index is -0.447. The van der Waals surface area contributed by atoms with Gasteiger partial charge in [-0.25, -0.2) is 9.78 Å². The van der Waals surface area contributed by atoms with Crippen molar-refractivity contribution in [1.29, 1.82) is 0 Å². The lowest BCUT2D eigenvalue weighted by Crippen LogP contribution is -2.37. The number of carbonyl (C=O) groups excluding carboxylic acids is 1.